The number of para-hydroxylation sites is 1. The van der Waals surface area contributed by atoms with Gasteiger partial charge in [-0.1, -0.05) is 98.6 Å². The number of nitrogens with zero attached hydrogens (tertiary/aromatic N) is 2. The maximum atomic E-state index is 14.8. The maximum absolute atomic E-state index is 14.8. The number of carbonyl (C=O) groups is 3. The molecule has 4 aromatic rings. The molecule has 5 nitrogen and oxygen atoms in total. The molecule has 6 rings (SSSR count). The molecular weight excluding hydrogens is 620 g/mol. The van der Waals surface area contributed by atoms with Crippen molar-refractivity contribution in [2.75, 3.05) is 9.80 Å². The van der Waals surface area contributed by atoms with Crippen LogP contribution in [0.2, 0.25) is 0 Å². The third-order valence-corrected chi connectivity index (χ3v) is 8.66. The van der Waals surface area contributed by atoms with Crippen LogP contribution in [0.15, 0.2) is 112 Å². The van der Waals surface area contributed by atoms with Crippen LogP contribution in [0, 0.1) is 5.92 Å². The second kappa shape index (κ2) is 10.2. The largest absolute Gasteiger partial charge is 0.307 e. The Hall–Kier alpha value is -3.55. The number of fused-ring (bicyclic) bond motifs is 1. The first-order valence-corrected chi connectivity index (χ1v) is 14.3. The van der Waals surface area contributed by atoms with E-state index in [4.69, 9.17) is 0 Å². The predicted octanol–water partition coefficient (Wildman–Crippen LogP) is 6.82. The van der Waals surface area contributed by atoms with Crippen molar-refractivity contribution in [2.45, 2.75) is 24.8 Å². The van der Waals surface area contributed by atoms with Crippen LogP contribution in [-0.2, 0) is 32.8 Å². The summed E-state index contributed by atoms with van der Waals surface area (Å²) in [5, 5.41) is 0. The van der Waals surface area contributed by atoms with Crippen molar-refractivity contribution in [1.82, 2.24) is 0 Å². The van der Waals surface area contributed by atoms with Gasteiger partial charge in [-0.15, -0.1) is 0 Å². The Labute approximate surface area is 243 Å². The van der Waals surface area contributed by atoms with Crippen LogP contribution in [-0.4, -0.2) is 17.7 Å². The molecule has 0 radical (unpaired) electrons. The molecule has 2 aliphatic heterocycles. The van der Waals surface area contributed by atoms with E-state index in [-0.39, 0.29) is 30.6 Å². The van der Waals surface area contributed by atoms with Gasteiger partial charge in [-0.3, -0.25) is 19.3 Å². The fourth-order valence-electron chi connectivity index (χ4n) is 5.96. The van der Waals surface area contributed by atoms with Crippen LogP contribution >= 0.6 is 31.9 Å². The highest BCUT2D eigenvalue weighted by atomic mass is 79.9. The molecule has 39 heavy (non-hydrogen) atoms. The second-order valence-corrected chi connectivity index (χ2v) is 11.8. The number of anilines is 2. The Balaban J connectivity index is 1.53. The first kappa shape index (κ1) is 25.7. The highest BCUT2D eigenvalue weighted by molar-refractivity contribution is 9.10. The van der Waals surface area contributed by atoms with Gasteiger partial charge in [-0.25, -0.2) is 0 Å². The van der Waals surface area contributed by atoms with E-state index in [1.807, 2.05) is 78.9 Å². The van der Waals surface area contributed by atoms with E-state index in [9.17, 15) is 14.4 Å². The Kier molecular flexibility index (Phi) is 6.73. The molecule has 2 atom stereocenters. The number of halogens is 2. The highest BCUT2D eigenvalue weighted by Gasteiger charge is 2.61. The monoisotopic (exact) mass is 642 g/mol. The third-order valence-electron chi connectivity index (χ3n) is 7.67. The first-order chi connectivity index (χ1) is 18.9. The molecule has 4 aromatic carbocycles. The Morgan fingerprint density at radius 2 is 1.41 bits per heavy atom. The summed E-state index contributed by atoms with van der Waals surface area (Å²) in [6.07, 6.45) is 0.250. The normalized spacial score (nSPS) is 20.6. The van der Waals surface area contributed by atoms with E-state index >= 15 is 0 Å². The van der Waals surface area contributed by atoms with Gasteiger partial charge in [0.15, 0.2) is 0 Å². The average Bonchev–Trinajstić information content (AvgIpc) is 3.35. The molecule has 0 N–H and O–H groups in total. The third kappa shape index (κ3) is 4.43. The van der Waals surface area contributed by atoms with Crippen LogP contribution < -0.4 is 9.80 Å². The summed E-state index contributed by atoms with van der Waals surface area (Å²) < 4.78 is 1.72. The zero-order chi connectivity index (χ0) is 27.1. The zero-order valence-electron chi connectivity index (χ0n) is 20.9. The molecule has 0 aromatic heterocycles. The van der Waals surface area contributed by atoms with Crippen molar-refractivity contribution in [1.29, 1.82) is 0 Å². The molecular formula is C32H24Br2N2O3. The molecule has 0 unspecified atom stereocenters. The summed E-state index contributed by atoms with van der Waals surface area (Å²) in [5.74, 6) is -1.65. The van der Waals surface area contributed by atoms with Crippen molar-refractivity contribution in [3.8, 4) is 0 Å². The minimum absolute atomic E-state index is 0.0395. The quantitative estimate of drug-likeness (QED) is 0.217. The average molecular weight is 644 g/mol. The van der Waals surface area contributed by atoms with Crippen LogP contribution in [0.1, 0.15) is 23.1 Å². The van der Waals surface area contributed by atoms with Crippen molar-refractivity contribution < 1.29 is 14.4 Å². The predicted molar refractivity (Wildman–Crippen MR) is 158 cm³/mol. The smallest absolute Gasteiger partial charge is 0.239 e. The van der Waals surface area contributed by atoms with Crippen molar-refractivity contribution in [2.24, 2.45) is 5.92 Å². The minimum atomic E-state index is -1.25. The van der Waals surface area contributed by atoms with Gasteiger partial charge in [0, 0.05) is 21.1 Å². The lowest BCUT2D eigenvalue weighted by Gasteiger charge is -2.33. The zero-order valence-corrected chi connectivity index (χ0v) is 24.1. The van der Waals surface area contributed by atoms with Gasteiger partial charge in [-0.2, -0.15) is 0 Å². The van der Waals surface area contributed by atoms with Gasteiger partial charge in [0.25, 0.3) is 0 Å². The maximum Gasteiger partial charge on any atom is 0.239 e. The number of hydrogen-bond acceptors (Lipinski definition) is 3. The lowest BCUT2D eigenvalue weighted by atomic mass is 9.66. The fraction of sp³-hybridized carbons (Fsp3) is 0.156. The molecule has 194 valence electrons. The summed E-state index contributed by atoms with van der Waals surface area (Å²) in [5.41, 5.74) is 2.69. The summed E-state index contributed by atoms with van der Waals surface area (Å²) in [6, 6.07) is 32.3. The molecule has 2 aliphatic rings. The van der Waals surface area contributed by atoms with E-state index in [2.05, 4.69) is 31.9 Å². The lowest BCUT2D eigenvalue weighted by molar-refractivity contribution is -0.131. The van der Waals surface area contributed by atoms with E-state index in [0.717, 1.165) is 31.3 Å². The Bertz CT molecular complexity index is 1590. The molecule has 1 fully saturated rings. The topological polar surface area (TPSA) is 57.7 Å². The van der Waals surface area contributed by atoms with Crippen molar-refractivity contribution in [3.63, 3.8) is 0 Å². The second-order valence-electron chi connectivity index (χ2n) is 9.98. The number of carbonyl (C=O) groups excluding carboxylic acids is 3. The van der Waals surface area contributed by atoms with Gasteiger partial charge in [0.1, 0.15) is 0 Å². The van der Waals surface area contributed by atoms with Crippen molar-refractivity contribution in [3.05, 3.63) is 129 Å². The number of rotatable bonds is 6. The SMILES string of the molecule is O=C1C[C@H]([C@]2(Cc3cccc(Br)c3)C(=O)N(Cc3ccccc3)c3cc(Br)ccc32)C(=O)N1c1ccccc1. The van der Waals surface area contributed by atoms with Crippen molar-refractivity contribution >= 4 is 61.0 Å². The fourth-order valence-corrected chi connectivity index (χ4v) is 6.75. The van der Waals surface area contributed by atoms with Gasteiger partial charge in [0.2, 0.25) is 17.7 Å². The van der Waals surface area contributed by atoms with E-state index in [0.29, 0.717) is 12.2 Å². The van der Waals surface area contributed by atoms with Gasteiger partial charge in [-0.05, 0) is 59.5 Å². The van der Waals surface area contributed by atoms with E-state index < -0.39 is 11.3 Å². The summed E-state index contributed by atoms with van der Waals surface area (Å²) in [4.78, 5) is 45.4. The molecule has 1 saturated heterocycles. The highest BCUT2D eigenvalue weighted by Crippen LogP contribution is 2.53. The van der Waals surface area contributed by atoms with Gasteiger partial charge < -0.3 is 4.90 Å². The molecule has 0 aliphatic carbocycles. The van der Waals surface area contributed by atoms with Crippen LogP contribution in [0.3, 0.4) is 0 Å². The summed E-state index contributed by atoms with van der Waals surface area (Å²) in [6.45, 7) is 0.362. The number of benzene rings is 4. The lowest BCUT2D eigenvalue weighted by Crippen LogP contribution is -2.50. The molecule has 7 heteroatoms. The first-order valence-electron chi connectivity index (χ1n) is 12.7. The molecule has 2 heterocycles. The Morgan fingerprint density at radius 1 is 0.744 bits per heavy atom. The Morgan fingerprint density at radius 3 is 2.13 bits per heavy atom. The van der Waals surface area contributed by atoms with Gasteiger partial charge >= 0.3 is 0 Å². The molecule has 0 saturated carbocycles. The number of imide groups is 1. The molecule has 0 bridgehead atoms. The van der Waals surface area contributed by atoms with Crippen LogP contribution in [0.5, 0.6) is 0 Å². The van der Waals surface area contributed by atoms with Crippen LogP contribution in [0.4, 0.5) is 11.4 Å². The minimum Gasteiger partial charge on any atom is -0.307 e. The number of amides is 3. The standard InChI is InChI=1S/C32H24Br2N2O3/c33-23-11-7-10-22(16-23)19-32(27-18-29(37)36(30(27)38)25-12-5-2-6-13-25)26-15-14-24(34)17-28(26)35(31(32)39)20-21-8-3-1-4-9-21/h1-17,27H,18-20H2/t27-,32+/m0/s1. The van der Waals surface area contributed by atoms with E-state index in [1.165, 1.54) is 4.90 Å². The number of hydrogen-bond donors (Lipinski definition) is 0. The molecule has 0 spiro atoms. The van der Waals surface area contributed by atoms with E-state index in [1.54, 1.807) is 29.2 Å². The van der Waals surface area contributed by atoms with Crippen LogP contribution in [0.25, 0.3) is 0 Å². The summed E-state index contributed by atoms with van der Waals surface area (Å²) in [7, 11) is 0. The summed E-state index contributed by atoms with van der Waals surface area (Å²) >= 11 is 7.14. The van der Waals surface area contributed by atoms with Gasteiger partial charge in [0.05, 0.1) is 23.6 Å². The molecule has 3 amide bonds.